The summed E-state index contributed by atoms with van der Waals surface area (Å²) in [5, 5.41) is 40.0. The Morgan fingerprint density at radius 1 is 1.13 bits per heavy atom. The van der Waals surface area contributed by atoms with Gasteiger partial charge in [0.2, 0.25) is 0 Å². The molecule has 3 rings (SSSR count). The van der Waals surface area contributed by atoms with Crippen LogP contribution in [0.1, 0.15) is 5.56 Å². The van der Waals surface area contributed by atoms with Crippen LogP contribution in [-0.4, -0.2) is 81.0 Å². The van der Waals surface area contributed by atoms with Gasteiger partial charge in [-0.15, -0.1) is 0 Å². The Hall–Kier alpha value is -0.500. The number of rotatable bonds is 3. The summed E-state index contributed by atoms with van der Waals surface area (Å²) in [6, 6.07) is 13.5. The van der Waals surface area contributed by atoms with Crippen LogP contribution in [0, 0.1) is 6.10 Å². The molecule has 5 nitrogen and oxygen atoms in total. The number of ether oxygens (including phenoxy) is 1. The molecule has 0 bridgehead atoms. The molecule has 2 aliphatic carbocycles. The quantitative estimate of drug-likeness (QED) is 0.599. The molecular weight excluding hydrogens is 307 g/mol. The number of hydrogen-bond acceptors (Lipinski definition) is 5. The molecule has 3 atom stereocenters. The van der Waals surface area contributed by atoms with E-state index >= 15 is 0 Å². The Labute approximate surface area is 157 Å². The zero-order valence-corrected chi connectivity index (χ0v) is 12.0. The van der Waals surface area contributed by atoms with E-state index in [1.807, 2.05) is 42.5 Å². The molecule has 1 fully saturated rings. The van der Waals surface area contributed by atoms with Crippen LogP contribution < -0.4 is 0 Å². The normalized spacial score (nSPS) is 28.5. The molecule has 1 saturated heterocycles. The van der Waals surface area contributed by atoms with Crippen molar-refractivity contribution < 1.29 is 25.2 Å². The van der Waals surface area contributed by atoms with Gasteiger partial charge in [-0.25, -0.2) is 0 Å². The van der Waals surface area contributed by atoms with Crippen molar-refractivity contribution in [2.45, 2.75) is 24.2 Å². The molecule has 1 aliphatic heterocycles. The molecule has 0 unspecified atom stereocenters. The Balaban J connectivity index is 0.00000192. The van der Waals surface area contributed by atoms with E-state index in [0.717, 1.165) is 16.7 Å². The second kappa shape index (κ2) is 7.59. The fourth-order valence-corrected chi connectivity index (χ4v) is 3.00. The minimum absolute atomic E-state index is 0. The number of hydrogen-bond donors (Lipinski definition) is 4. The second-order valence-corrected chi connectivity index (χ2v) is 5.73. The average molecular weight is 327 g/mol. The van der Waals surface area contributed by atoms with Crippen LogP contribution in [0.25, 0.3) is 11.1 Å². The van der Waals surface area contributed by atoms with Crippen LogP contribution in [-0.2, 0) is 11.2 Å². The van der Waals surface area contributed by atoms with Crippen LogP contribution in [0.5, 0.6) is 0 Å². The van der Waals surface area contributed by atoms with Crippen molar-refractivity contribution in [1.82, 2.24) is 0 Å². The van der Waals surface area contributed by atoms with E-state index in [1.54, 1.807) is 0 Å². The molecule has 0 aromatic carbocycles. The van der Waals surface area contributed by atoms with Gasteiger partial charge in [-0.1, -0.05) is 42.5 Å². The van der Waals surface area contributed by atoms with Crippen LogP contribution in [0.4, 0.5) is 0 Å². The van der Waals surface area contributed by atoms with E-state index < -0.39 is 24.4 Å². The third-order valence-electron chi connectivity index (χ3n) is 4.22. The summed E-state index contributed by atoms with van der Waals surface area (Å²) >= 11 is 0. The Morgan fingerprint density at radius 3 is 2.30 bits per heavy atom. The first-order chi connectivity index (χ1) is 10.5. The molecule has 0 saturated carbocycles. The van der Waals surface area contributed by atoms with Crippen molar-refractivity contribution in [2.75, 3.05) is 13.2 Å². The molecule has 1 radical (unpaired) electrons. The van der Waals surface area contributed by atoms with E-state index in [9.17, 15) is 20.4 Å². The van der Waals surface area contributed by atoms with E-state index in [-0.39, 0.29) is 48.7 Å². The van der Waals surface area contributed by atoms with Gasteiger partial charge in [-0.3, -0.25) is 0 Å². The molecule has 3 aliphatic rings. The van der Waals surface area contributed by atoms with Gasteiger partial charge in [0.1, 0.15) is 23.9 Å². The van der Waals surface area contributed by atoms with Gasteiger partial charge in [-0.2, -0.15) is 0 Å². The summed E-state index contributed by atoms with van der Waals surface area (Å²) in [6.45, 7) is -0.621. The van der Waals surface area contributed by atoms with Gasteiger partial charge in [-0.05, 0) is 16.7 Å². The van der Waals surface area contributed by atoms with Gasteiger partial charge < -0.3 is 25.2 Å². The minimum atomic E-state index is -1.76. The first-order valence-electron chi connectivity index (χ1n) is 7.20. The average Bonchev–Trinajstić information content (AvgIpc) is 2.73. The number of aliphatic hydroxyl groups is 4. The first-order valence-corrected chi connectivity index (χ1v) is 7.20. The van der Waals surface area contributed by atoms with Crippen molar-refractivity contribution in [3.8, 4) is 11.1 Å². The maximum absolute atomic E-state index is 10.8. The van der Waals surface area contributed by atoms with Crippen molar-refractivity contribution >= 4 is 29.6 Å². The van der Waals surface area contributed by atoms with E-state index in [0.29, 0.717) is 0 Å². The topological polar surface area (TPSA) is 90.2 Å². The van der Waals surface area contributed by atoms with Crippen LogP contribution >= 0.6 is 0 Å². The number of fused-ring (bicyclic) bond motifs is 1. The van der Waals surface area contributed by atoms with Gasteiger partial charge in [0.05, 0.1) is 13.2 Å². The summed E-state index contributed by atoms with van der Waals surface area (Å²) < 4.78 is 5.24. The molecule has 6 heteroatoms. The standard InChI is InChI=1S/C17H19O5.Na.H/c18-9-15-17(21,16(20)14(19)10-22-15)8-11-6-12-4-2-1-3-5-13(12)7-11;;/h1-7,15-16,18-21H,8-10H2;;/t15-,16-,17-;;/m1../s1. The fourth-order valence-electron chi connectivity index (χ4n) is 3.00. The van der Waals surface area contributed by atoms with Crippen molar-refractivity contribution in [3.63, 3.8) is 0 Å². The molecule has 119 valence electrons. The molecule has 0 aromatic heterocycles. The van der Waals surface area contributed by atoms with Gasteiger partial charge in [0.15, 0.2) is 0 Å². The zero-order valence-electron chi connectivity index (χ0n) is 12.0. The molecule has 0 spiro atoms. The maximum atomic E-state index is 10.8. The summed E-state index contributed by atoms with van der Waals surface area (Å²) in [5.41, 5.74) is 1.08. The van der Waals surface area contributed by atoms with Crippen molar-refractivity contribution in [2.24, 2.45) is 0 Å². The van der Waals surface area contributed by atoms with Crippen LogP contribution in [0.15, 0.2) is 42.5 Å². The molecule has 4 N–H and O–H groups in total. The second-order valence-electron chi connectivity index (χ2n) is 5.73. The monoisotopic (exact) mass is 327 g/mol. The molecule has 23 heavy (non-hydrogen) atoms. The van der Waals surface area contributed by atoms with Crippen molar-refractivity contribution in [3.05, 3.63) is 54.1 Å². The van der Waals surface area contributed by atoms with Gasteiger partial charge in [0.25, 0.3) is 0 Å². The first kappa shape index (κ1) is 18.8. The summed E-state index contributed by atoms with van der Waals surface area (Å²) in [4.78, 5) is 0. The predicted octanol–water partition coefficient (Wildman–Crippen LogP) is 0.0730. The molecule has 0 amide bonds. The zero-order chi connectivity index (χ0) is 15.7. The van der Waals surface area contributed by atoms with Crippen LogP contribution in [0.2, 0.25) is 0 Å². The van der Waals surface area contributed by atoms with Gasteiger partial charge >= 0.3 is 29.6 Å². The summed E-state index contributed by atoms with van der Waals surface area (Å²) in [7, 11) is 0. The fraction of sp³-hybridized carbons (Fsp3) is 0.353. The van der Waals surface area contributed by atoms with E-state index in [1.165, 1.54) is 0 Å². The molecule has 1 heterocycles. The number of aliphatic hydroxyl groups excluding tert-OH is 3. The van der Waals surface area contributed by atoms with Crippen LogP contribution in [0.3, 0.4) is 0 Å². The third kappa shape index (κ3) is 3.62. The summed E-state index contributed by atoms with van der Waals surface area (Å²) in [6.07, 6.45) is -2.66. The van der Waals surface area contributed by atoms with Crippen molar-refractivity contribution in [1.29, 1.82) is 0 Å². The third-order valence-corrected chi connectivity index (χ3v) is 4.22. The van der Waals surface area contributed by atoms with E-state index in [2.05, 4.69) is 0 Å². The Bertz CT molecular complexity index is 587. The summed E-state index contributed by atoms with van der Waals surface area (Å²) in [5.74, 6) is 0. The Kier molecular flexibility index (Phi) is 6.22. The van der Waals surface area contributed by atoms with Gasteiger partial charge in [0, 0.05) is 6.42 Å². The molecular formula is C17H20NaO5. The SMILES string of the molecule is OC[C@H]1OC[C](O)[C@@H](O)[C@@]1(O)Cc1cc2cccccc-2c1.[NaH]. The predicted molar refractivity (Wildman–Crippen MR) is 86.9 cm³/mol. The Morgan fingerprint density at radius 2 is 1.74 bits per heavy atom. The molecule has 0 aromatic rings. The van der Waals surface area contributed by atoms with E-state index in [4.69, 9.17) is 4.74 Å².